The van der Waals surface area contributed by atoms with Crippen molar-refractivity contribution in [3.63, 3.8) is 0 Å². The van der Waals surface area contributed by atoms with E-state index in [2.05, 4.69) is 0 Å². The van der Waals surface area contributed by atoms with Gasteiger partial charge in [-0.1, -0.05) is 36.0 Å². The first-order valence-electron chi connectivity index (χ1n) is 4.54. The van der Waals surface area contributed by atoms with Crippen molar-refractivity contribution >= 4 is 5.97 Å². The summed E-state index contributed by atoms with van der Waals surface area (Å²) in [5, 5.41) is 8.61. The van der Waals surface area contributed by atoms with Gasteiger partial charge in [0.15, 0.2) is 0 Å². The van der Waals surface area contributed by atoms with Crippen LogP contribution in [0, 0.1) is 0 Å². The Labute approximate surface area is 84.6 Å². The zero-order chi connectivity index (χ0) is 11.0. The summed E-state index contributed by atoms with van der Waals surface area (Å²) in [6, 6.07) is -0.823. The van der Waals surface area contributed by atoms with Crippen LogP contribution in [0.3, 0.4) is 0 Å². The van der Waals surface area contributed by atoms with Gasteiger partial charge in [-0.25, -0.2) is 0 Å². The quantitative estimate of drug-likeness (QED) is 0.658. The minimum absolute atomic E-state index is 0.361. The van der Waals surface area contributed by atoms with Crippen LogP contribution in [0.2, 0.25) is 0 Å². The number of carbonyl (C=O) groups is 1. The number of hydrogen-bond acceptors (Lipinski definition) is 2. The summed E-state index contributed by atoms with van der Waals surface area (Å²) in [5.74, 6) is -0.969. The molecule has 0 saturated heterocycles. The molecule has 3 heteroatoms. The van der Waals surface area contributed by atoms with Gasteiger partial charge in [-0.3, -0.25) is 4.79 Å². The predicted octanol–water partition coefficient (Wildman–Crippen LogP) is 1.87. The molecule has 0 aromatic heterocycles. The van der Waals surface area contributed by atoms with E-state index >= 15 is 0 Å². The van der Waals surface area contributed by atoms with E-state index in [1.807, 2.05) is 44.2 Å². The molecule has 0 heterocycles. The van der Waals surface area contributed by atoms with Crippen molar-refractivity contribution in [2.75, 3.05) is 0 Å². The lowest BCUT2D eigenvalue weighted by atomic mass is 10.1. The van der Waals surface area contributed by atoms with Crippen LogP contribution in [0.4, 0.5) is 0 Å². The molecule has 14 heavy (non-hydrogen) atoms. The molecule has 0 radical (unpaired) electrons. The fourth-order valence-corrected chi connectivity index (χ4v) is 0.914. The Kier molecular flexibility index (Phi) is 6.41. The number of carboxylic acid groups (broad SMARTS) is 1. The SMILES string of the molecule is C\C=C/C=C\C(=C/C)CC(N)C(=O)O. The molecule has 0 bridgehead atoms. The van der Waals surface area contributed by atoms with Crippen LogP contribution in [-0.4, -0.2) is 17.1 Å². The monoisotopic (exact) mass is 195 g/mol. The lowest BCUT2D eigenvalue weighted by Crippen LogP contribution is -2.30. The molecule has 0 aromatic rings. The van der Waals surface area contributed by atoms with Crippen LogP contribution >= 0.6 is 0 Å². The molecule has 1 atom stereocenters. The minimum Gasteiger partial charge on any atom is -0.480 e. The van der Waals surface area contributed by atoms with Gasteiger partial charge in [-0.05, 0) is 20.3 Å². The maximum absolute atomic E-state index is 10.5. The second-order valence-electron chi connectivity index (χ2n) is 2.90. The van der Waals surface area contributed by atoms with E-state index in [1.165, 1.54) is 0 Å². The van der Waals surface area contributed by atoms with Gasteiger partial charge in [0.25, 0.3) is 0 Å². The van der Waals surface area contributed by atoms with Crippen molar-refractivity contribution in [2.24, 2.45) is 5.73 Å². The van der Waals surface area contributed by atoms with Crippen molar-refractivity contribution in [2.45, 2.75) is 26.3 Å². The summed E-state index contributed by atoms with van der Waals surface area (Å²) in [7, 11) is 0. The second-order valence-corrected chi connectivity index (χ2v) is 2.90. The first kappa shape index (κ1) is 12.7. The molecule has 0 aliphatic carbocycles. The van der Waals surface area contributed by atoms with Gasteiger partial charge in [0.1, 0.15) is 6.04 Å². The van der Waals surface area contributed by atoms with Gasteiger partial charge in [0.2, 0.25) is 0 Å². The average molecular weight is 195 g/mol. The highest BCUT2D eigenvalue weighted by atomic mass is 16.4. The van der Waals surface area contributed by atoms with Crippen LogP contribution < -0.4 is 5.73 Å². The van der Waals surface area contributed by atoms with Crippen molar-refractivity contribution in [3.05, 3.63) is 36.0 Å². The van der Waals surface area contributed by atoms with E-state index < -0.39 is 12.0 Å². The number of allylic oxidation sites excluding steroid dienone is 5. The van der Waals surface area contributed by atoms with Crippen LogP contribution in [0.25, 0.3) is 0 Å². The van der Waals surface area contributed by atoms with E-state index in [0.29, 0.717) is 6.42 Å². The smallest absolute Gasteiger partial charge is 0.320 e. The lowest BCUT2D eigenvalue weighted by molar-refractivity contribution is -0.138. The van der Waals surface area contributed by atoms with Crippen molar-refractivity contribution < 1.29 is 9.90 Å². The molecular formula is C11H17NO2. The molecular weight excluding hydrogens is 178 g/mol. The maximum atomic E-state index is 10.5. The summed E-state index contributed by atoms with van der Waals surface area (Å²) >= 11 is 0. The Hall–Kier alpha value is -1.35. The first-order chi connectivity index (χ1) is 6.61. The Balaban J connectivity index is 4.25. The number of aliphatic carboxylic acids is 1. The normalized spacial score (nSPS) is 15.2. The third kappa shape index (κ3) is 5.32. The Bertz CT molecular complexity index is 264. The number of carboxylic acids is 1. The Morgan fingerprint density at radius 3 is 2.50 bits per heavy atom. The fourth-order valence-electron chi connectivity index (χ4n) is 0.914. The molecule has 0 aliphatic heterocycles. The van der Waals surface area contributed by atoms with Gasteiger partial charge in [0, 0.05) is 0 Å². The van der Waals surface area contributed by atoms with Crippen molar-refractivity contribution in [1.82, 2.24) is 0 Å². The van der Waals surface area contributed by atoms with E-state index in [9.17, 15) is 4.79 Å². The summed E-state index contributed by atoms with van der Waals surface area (Å²) in [6.07, 6.45) is 9.74. The molecule has 78 valence electrons. The second kappa shape index (κ2) is 7.09. The van der Waals surface area contributed by atoms with Gasteiger partial charge >= 0.3 is 5.97 Å². The summed E-state index contributed by atoms with van der Waals surface area (Å²) in [5.41, 5.74) is 6.33. The van der Waals surface area contributed by atoms with E-state index in [-0.39, 0.29) is 0 Å². The molecule has 3 nitrogen and oxygen atoms in total. The number of rotatable bonds is 5. The summed E-state index contributed by atoms with van der Waals surface area (Å²) < 4.78 is 0. The van der Waals surface area contributed by atoms with Crippen LogP contribution in [0.1, 0.15) is 20.3 Å². The van der Waals surface area contributed by atoms with Crippen LogP contribution in [0.15, 0.2) is 36.0 Å². The third-order valence-electron chi connectivity index (χ3n) is 1.76. The number of hydrogen-bond donors (Lipinski definition) is 2. The highest BCUT2D eigenvalue weighted by molar-refractivity contribution is 5.73. The maximum Gasteiger partial charge on any atom is 0.320 e. The molecule has 0 spiro atoms. The van der Waals surface area contributed by atoms with Crippen LogP contribution in [0.5, 0.6) is 0 Å². The average Bonchev–Trinajstić information content (AvgIpc) is 2.16. The molecule has 0 amide bonds. The largest absolute Gasteiger partial charge is 0.480 e. The molecule has 0 rings (SSSR count). The molecule has 3 N–H and O–H groups in total. The third-order valence-corrected chi connectivity index (χ3v) is 1.76. The molecule has 1 unspecified atom stereocenters. The predicted molar refractivity (Wildman–Crippen MR) is 57.9 cm³/mol. The van der Waals surface area contributed by atoms with E-state index in [1.54, 1.807) is 0 Å². The summed E-state index contributed by atoms with van der Waals surface area (Å²) in [4.78, 5) is 10.5. The van der Waals surface area contributed by atoms with E-state index in [4.69, 9.17) is 10.8 Å². The van der Waals surface area contributed by atoms with Gasteiger partial charge < -0.3 is 10.8 Å². The molecule has 0 aromatic carbocycles. The fraction of sp³-hybridized carbons (Fsp3) is 0.364. The zero-order valence-electron chi connectivity index (χ0n) is 8.60. The van der Waals surface area contributed by atoms with E-state index in [0.717, 1.165) is 5.57 Å². The summed E-state index contributed by atoms with van der Waals surface area (Å²) in [6.45, 7) is 3.78. The zero-order valence-corrected chi connectivity index (χ0v) is 8.60. The highest BCUT2D eigenvalue weighted by Crippen LogP contribution is 2.06. The topological polar surface area (TPSA) is 63.3 Å². The van der Waals surface area contributed by atoms with Gasteiger partial charge in [-0.2, -0.15) is 0 Å². The molecule has 0 aliphatic rings. The highest BCUT2D eigenvalue weighted by Gasteiger charge is 2.11. The molecule has 0 saturated carbocycles. The minimum atomic E-state index is -0.969. The van der Waals surface area contributed by atoms with Crippen LogP contribution in [-0.2, 0) is 4.79 Å². The van der Waals surface area contributed by atoms with Crippen molar-refractivity contribution in [3.8, 4) is 0 Å². The lowest BCUT2D eigenvalue weighted by Gasteiger charge is -2.05. The molecule has 0 fully saturated rings. The van der Waals surface area contributed by atoms with Crippen molar-refractivity contribution in [1.29, 1.82) is 0 Å². The standard InChI is InChI=1S/C11H17NO2/c1-3-5-6-7-9(4-2)8-10(12)11(13)14/h3-7,10H,8,12H2,1-2H3,(H,13,14)/b5-3-,7-6-,9-4+. The number of nitrogens with two attached hydrogens (primary N) is 1. The van der Waals surface area contributed by atoms with Gasteiger partial charge in [-0.15, -0.1) is 0 Å². The Morgan fingerprint density at radius 1 is 1.43 bits per heavy atom. The Morgan fingerprint density at radius 2 is 2.07 bits per heavy atom. The first-order valence-corrected chi connectivity index (χ1v) is 4.54. The van der Waals surface area contributed by atoms with Gasteiger partial charge in [0.05, 0.1) is 0 Å².